The minimum absolute atomic E-state index is 0.0110. The Morgan fingerprint density at radius 3 is 2.57 bits per heavy atom. The molecule has 2 rings (SSSR count). The van der Waals surface area contributed by atoms with Gasteiger partial charge in [0.15, 0.2) is 17.5 Å². The molecule has 3 atom stereocenters. The molecule has 1 saturated heterocycles. The van der Waals surface area contributed by atoms with Crippen molar-refractivity contribution < 1.29 is 14.4 Å². The SMILES string of the molecule is C=CCN1CC(=O)C(C(=O)C2C(C=C(Br)Br)C2(C)C)C1=O. The molecular weight excluding hydrogens is 402 g/mol. The molecule has 2 aliphatic rings. The first kappa shape index (κ1) is 16.6. The predicted molar refractivity (Wildman–Crippen MR) is 87.0 cm³/mol. The second kappa shape index (κ2) is 5.80. The van der Waals surface area contributed by atoms with Crippen molar-refractivity contribution in [2.24, 2.45) is 23.2 Å². The van der Waals surface area contributed by atoms with Gasteiger partial charge in [0, 0.05) is 12.5 Å². The Morgan fingerprint density at radius 2 is 2.05 bits per heavy atom. The van der Waals surface area contributed by atoms with Crippen LogP contribution in [0.4, 0.5) is 0 Å². The van der Waals surface area contributed by atoms with E-state index < -0.39 is 5.92 Å². The lowest BCUT2D eigenvalue weighted by Gasteiger charge is -2.12. The fourth-order valence-corrected chi connectivity index (χ4v) is 3.69. The van der Waals surface area contributed by atoms with Crippen LogP contribution in [0.3, 0.4) is 0 Å². The number of likely N-dealkylation sites (tertiary alicyclic amines) is 1. The first-order chi connectivity index (χ1) is 9.71. The Labute approximate surface area is 140 Å². The van der Waals surface area contributed by atoms with Gasteiger partial charge in [-0.2, -0.15) is 0 Å². The van der Waals surface area contributed by atoms with E-state index in [9.17, 15) is 14.4 Å². The van der Waals surface area contributed by atoms with E-state index in [2.05, 4.69) is 38.4 Å². The molecule has 0 radical (unpaired) electrons. The van der Waals surface area contributed by atoms with Crippen molar-refractivity contribution in [1.82, 2.24) is 4.90 Å². The van der Waals surface area contributed by atoms with Gasteiger partial charge < -0.3 is 4.90 Å². The maximum atomic E-state index is 12.6. The fraction of sp³-hybridized carbons (Fsp3) is 0.533. The number of ketones is 2. The van der Waals surface area contributed by atoms with E-state index in [1.807, 2.05) is 19.9 Å². The Morgan fingerprint density at radius 1 is 1.43 bits per heavy atom. The summed E-state index contributed by atoms with van der Waals surface area (Å²) in [4.78, 5) is 38.3. The molecule has 6 heteroatoms. The first-order valence-electron chi connectivity index (χ1n) is 6.70. The summed E-state index contributed by atoms with van der Waals surface area (Å²) < 4.78 is 0.778. The zero-order valence-corrected chi connectivity index (χ0v) is 15.1. The summed E-state index contributed by atoms with van der Waals surface area (Å²) in [5.74, 6) is -2.30. The van der Waals surface area contributed by atoms with Crippen LogP contribution < -0.4 is 0 Å². The smallest absolute Gasteiger partial charge is 0.241 e. The van der Waals surface area contributed by atoms with E-state index in [4.69, 9.17) is 0 Å². The van der Waals surface area contributed by atoms with Gasteiger partial charge in [-0.1, -0.05) is 26.0 Å². The van der Waals surface area contributed by atoms with Crippen LogP contribution in [0.1, 0.15) is 13.8 Å². The lowest BCUT2D eigenvalue weighted by Crippen LogP contribution is -2.32. The number of Topliss-reactive ketones (excluding diaryl/α,β-unsaturated/α-hetero) is 2. The third-order valence-electron chi connectivity index (χ3n) is 4.38. The molecule has 1 aliphatic heterocycles. The maximum Gasteiger partial charge on any atom is 0.241 e. The summed E-state index contributed by atoms with van der Waals surface area (Å²) in [5.41, 5.74) is -0.226. The number of carbonyl (C=O) groups is 3. The van der Waals surface area contributed by atoms with Gasteiger partial charge in [-0.25, -0.2) is 0 Å². The summed E-state index contributed by atoms with van der Waals surface area (Å²) >= 11 is 6.59. The molecule has 3 unspecified atom stereocenters. The maximum absolute atomic E-state index is 12.6. The lowest BCUT2D eigenvalue weighted by atomic mass is 9.94. The van der Waals surface area contributed by atoms with Crippen molar-refractivity contribution in [3.8, 4) is 0 Å². The molecule has 0 aromatic heterocycles. The van der Waals surface area contributed by atoms with E-state index in [1.54, 1.807) is 6.08 Å². The second-order valence-corrected chi connectivity index (χ2v) is 8.86. The molecule has 114 valence electrons. The molecule has 4 nitrogen and oxygen atoms in total. The Kier molecular flexibility index (Phi) is 4.59. The van der Waals surface area contributed by atoms with Crippen LogP contribution in [0, 0.1) is 23.2 Å². The molecule has 1 amide bonds. The minimum Gasteiger partial charge on any atom is -0.331 e. The summed E-state index contributed by atoms with van der Waals surface area (Å²) in [6.07, 6.45) is 3.47. The fourth-order valence-electron chi connectivity index (χ4n) is 3.12. The molecule has 0 bridgehead atoms. The highest BCUT2D eigenvalue weighted by Crippen LogP contribution is 2.61. The highest BCUT2D eigenvalue weighted by Gasteiger charge is 2.63. The molecule has 1 aliphatic carbocycles. The third-order valence-corrected chi connectivity index (χ3v) is 4.91. The standard InChI is InChI=1S/C15H17Br2NO3/c1-4-5-18-7-9(19)11(14(18)21)13(20)12-8(6-10(16)17)15(12,2)3/h4,6,8,11-12H,1,5,7H2,2-3H3. The summed E-state index contributed by atoms with van der Waals surface area (Å²) in [5, 5.41) is 0. The largest absolute Gasteiger partial charge is 0.331 e. The molecular formula is C15H17Br2NO3. The van der Waals surface area contributed by atoms with Gasteiger partial charge >= 0.3 is 0 Å². The Bertz CT molecular complexity index is 549. The summed E-state index contributed by atoms with van der Waals surface area (Å²) in [7, 11) is 0. The van der Waals surface area contributed by atoms with Crippen molar-refractivity contribution >= 4 is 49.3 Å². The van der Waals surface area contributed by atoms with Gasteiger partial charge in [0.25, 0.3) is 0 Å². The van der Waals surface area contributed by atoms with E-state index >= 15 is 0 Å². The number of rotatable bonds is 5. The van der Waals surface area contributed by atoms with Crippen molar-refractivity contribution in [2.45, 2.75) is 13.8 Å². The third kappa shape index (κ3) is 2.93. The number of halogens is 2. The molecule has 0 aromatic carbocycles. The number of amides is 1. The number of carbonyl (C=O) groups excluding carboxylic acids is 3. The van der Waals surface area contributed by atoms with Crippen LogP contribution >= 0.6 is 31.9 Å². The zero-order valence-electron chi connectivity index (χ0n) is 11.9. The average molecular weight is 419 g/mol. The van der Waals surface area contributed by atoms with Gasteiger partial charge in [0.2, 0.25) is 5.91 Å². The van der Waals surface area contributed by atoms with Gasteiger partial charge in [-0.05, 0) is 43.2 Å². The second-order valence-electron chi connectivity index (χ2n) is 6.09. The van der Waals surface area contributed by atoms with E-state index in [1.165, 1.54) is 4.90 Å². The van der Waals surface area contributed by atoms with Crippen LogP contribution in [0.5, 0.6) is 0 Å². The van der Waals surface area contributed by atoms with Gasteiger partial charge in [-0.15, -0.1) is 6.58 Å². The van der Waals surface area contributed by atoms with Crippen LogP contribution in [-0.4, -0.2) is 35.5 Å². The molecule has 0 N–H and O–H groups in total. The Hall–Kier alpha value is -0.750. The topological polar surface area (TPSA) is 54.5 Å². The first-order valence-corrected chi connectivity index (χ1v) is 8.29. The van der Waals surface area contributed by atoms with Crippen LogP contribution in [0.15, 0.2) is 22.1 Å². The monoisotopic (exact) mass is 417 g/mol. The molecule has 0 aromatic rings. The van der Waals surface area contributed by atoms with E-state index in [0.29, 0.717) is 6.54 Å². The number of hydrogen-bond donors (Lipinski definition) is 0. The normalized spacial score (nSPS) is 30.3. The number of hydrogen-bond acceptors (Lipinski definition) is 3. The van der Waals surface area contributed by atoms with E-state index in [-0.39, 0.29) is 41.3 Å². The average Bonchev–Trinajstić information content (AvgIpc) is 2.75. The van der Waals surface area contributed by atoms with Gasteiger partial charge in [0.05, 0.1) is 9.94 Å². The van der Waals surface area contributed by atoms with Crippen molar-refractivity contribution in [1.29, 1.82) is 0 Å². The highest BCUT2D eigenvalue weighted by atomic mass is 79.9. The molecule has 2 fully saturated rings. The Balaban J connectivity index is 2.18. The van der Waals surface area contributed by atoms with Crippen molar-refractivity contribution in [3.05, 3.63) is 22.1 Å². The predicted octanol–water partition coefficient (Wildman–Crippen LogP) is 2.67. The van der Waals surface area contributed by atoms with E-state index in [0.717, 1.165) is 3.39 Å². The number of nitrogens with zero attached hydrogens (tertiary/aromatic N) is 1. The summed E-state index contributed by atoms with van der Waals surface area (Å²) in [6, 6.07) is 0. The molecule has 21 heavy (non-hydrogen) atoms. The van der Waals surface area contributed by atoms with Gasteiger partial charge in [-0.3, -0.25) is 14.4 Å². The molecule has 0 spiro atoms. The van der Waals surface area contributed by atoms with Crippen molar-refractivity contribution in [2.75, 3.05) is 13.1 Å². The molecule has 1 heterocycles. The van der Waals surface area contributed by atoms with Gasteiger partial charge in [0.1, 0.15) is 0 Å². The highest BCUT2D eigenvalue weighted by molar-refractivity contribution is 9.28. The molecule has 1 saturated carbocycles. The van der Waals surface area contributed by atoms with Crippen LogP contribution in [0.2, 0.25) is 0 Å². The minimum atomic E-state index is -1.12. The summed E-state index contributed by atoms with van der Waals surface area (Å²) in [6.45, 7) is 7.83. The lowest BCUT2D eigenvalue weighted by molar-refractivity contribution is -0.139. The zero-order chi connectivity index (χ0) is 15.9. The van der Waals surface area contributed by atoms with Crippen LogP contribution in [-0.2, 0) is 14.4 Å². The van der Waals surface area contributed by atoms with Crippen LogP contribution in [0.25, 0.3) is 0 Å². The van der Waals surface area contributed by atoms with Crippen molar-refractivity contribution in [3.63, 3.8) is 0 Å². The quantitative estimate of drug-likeness (QED) is 0.509. The number of allylic oxidation sites excluding steroid dienone is 1.